The average Bonchev–Trinajstić information content (AvgIpc) is 2.39. The highest BCUT2D eigenvalue weighted by atomic mass is 16.3. The maximum Gasteiger partial charge on any atom is 0.121 e. The minimum absolute atomic E-state index is 0.0660. The van der Waals surface area contributed by atoms with Crippen molar-refractivity contribution in [2.45, 2.75) is 12.8 Å². The Labute approximate surface area is 65.8 Å². The molecule has 0 spiro atoms. The SMILES string of the molecule is C#CC(CO)c1ccc(C)o1. The zero-order valence-electron chi connectivity index (χ0n) is 6.37. The lowest BCUT2D eigenvalue weighted by molar-refractivity contribution is 0.272. The van der Waals surface area contributed by atoms with Gasteiger partial charge in [0.1, 0.15) is 17.4 Å². The molecule has 1 unspecified atom stereocenters. The number of hydrogen-bond donors (Lipinski definition) is 1. The van der Waals surface area contributed by atoms with Crippen molar-refractivity contribution in [3.8, 4) is 12.3 Å². The number of terminal acetylenes is 1. The van der Waals surface area contributed by atoms with Crippen LogP contribution in [0.15, 0.2) is 16.5 Å². The van der Waals surface area contributed by atoms with E-state index in [9.17, 15) is 0 Å². The fraction of sp³-hybridized carbons (Fsp3) is 0.333. The minimum atomic E-state index is -0.302. The van der Waals surface area contributed by atoms with E-state index in [1.54, 1.807) is 6.07 Å². The highest BCUT2D eigenvalue weighted by Crippen LogP contribution is 2.16. The molecule has 0 amide bonds. The molecule has 1 rings (SSSR count). The summed E-state index contributed by atoms with van der Waals surface area (Å²) < 4.78 is 5.22. The molecule has 0 radical (unpaired) electrons. The van der Waals surface area contributed by atoms with E-state index in [4.69, 9.17) is 15.9 Å². The molecule has 0 aliphatic heterocycles. The average molecular weight is 150 g/mol. The van der Waals surface area contributed by atoms with Gasteiger partial charge < -0.3 is 9.52 Å². The van der Waals surface area contributed by atoms with Crippen LogP contribution in [0.5, 0.6) is 0 Å². The van der Waals surface area contributed by atoms with Crippen molar-refractivity contribution in [3.63, 3.8) is 0 Å². The van der Waals surface area contributed by atoms with E-state index in [0.717, 1.165) is 5.76 Å². The van der Waals surface area contributed by atoms with Gasteiger partial charge in [-0.15, -0.1) is 6.42 Å². The molecule has 1 aromatic rings. The van der Waals surface area contributed by atoms with Gasteiger partial charge in [0, 0.05) is 0 Å². The largest absolute Gasteiger partial charge is 0.465 e. The molecule has 0 fully saturated rings. The molecule has 11 heavy (non-hydrogen) atoms. The first-order chi connectivity index (χ1) is 5.27. The zero-order valence-corrected chi connectivity index (χ0v) is 6.37. The van der Waals surface area contributed by atoms with E-state index in [2.05, 4.69) is 5.92 Å². The van der Waals surface area contributed by atoms with Crippen LogP contribution in [0.4, 0.5) is 0 Å². The van der Waals surface area contributed by atoms with E-state index in [1.807, 2.05) is 13.0 Å². The zero-order chi connectivity index (χ0) is 8.27. The summed E-state index contributed by atoms with van der Waals surface area (Å²) in [4.78, 5) is 0. The second-order valence-electron chi connectivity index (χ2n) is 2.35. The predicted octanol–water partition coefficient (Wildman–Crippen LogP) is 1.30. The van der Waals surface area contributed by atoms with Gasteiger partial charge in [0.05, 0.1) is 6.61 Å². The number of aliphatic hydroxyl groups excluding tert-OH is 1. The third-order valence-corrected chi connectivity index (χ3v) is 1.49. The van der Waals surface area contributed by atoms with Crippen LogP contribution in [0, 0.1) is 19.3 Å². The third-order valence-electron chi connectivity index (χ3n) is 1.49. The van der Waals surface area contributed by atoms with Gasteiger partial charge in [0.25, 0.3) is 0 Å². The Morgan fingerprint density at radius 1 is 1.73 bits per heavy atom. The molecular weight excluding hydrogens is 140 g/mol. The smallest absolute Gasteiger partial charge is 0.121 e. The molecule has 0 aliphatic carbocycles. The minimum Gasteiger partial charge on any atom is -0.465 e. The van der Waals surface area contributed by atoms with Gasteiger partial charge >= 0.3 is 0 Å². The Morgan fingerprint density at radius 3 is 2.82 bits per heavy atom. The first-order valence-electron chi connectivity index (χ1n) is 3.41. The normalized spacial score (nSPS) is 12.5. The van der Waals surface area contributed by atoms with E-state index < -0.39 is 0 Å². The first-order valence-corrected chi connectivity index (χ1v) is 3.41. The van der Waals surface area contributed by atoms with Crippen molar-refractivity contribution >= 4 is 0 Å². The predicted molar refractivity (Wildman–Crippen MR) is 42.1 cm³/mol. The van der Waals surface area contributed by atoms with Crippen LogP contribution in [0.1, 0.15) is 17.4 Å². The van der Waals surface area contributed by atoms with Gasteiger partial charge in [-0.05, 0) is 19.1 Å². The van der Waals surface area contributed by atoms with Gasteiger partial charge in [-0.25, -0.2) is 0 Å². The lowest BCUT2D eigenvalue weighted by atomic mass is 10.1. The lowest BCUT2D eigenvalue weighted by Crippen LogP contribution is -1.98. The van der Waals surface area contributed by atoms with Gasteiger partial charge in [-0.2, -0.15) is 0 Å². The number of rotatable bonds is 2. The number of aliphatic hydroxyl groups is 1. The Morgan fingerprint density at radius 2 is 2.45 bits per heavy atom. The van der Waals surface area contributed by atoms with Crippen molar-refractivity contribution in [2.75, 3.05) is 6.61 Å². The molecule has 2 nitrogen and oxygen atoms in total. The van der Waals surface area contributed by atoms with Crippen molar-refractivity contribution in [1.29, 1.82) is 0 Å². The quantitative estimate of drug-likeness (QED) is 0.644. The van der Waals surface area contributed by atoms with Gasteiger partial charge in [0.2, 0.25) is 0 Å². The molecule has 0 saturated carbocycles. The van der Waals surface area contributed by atoms with Crippen LogP contribution >= 0.6 is 0 Å². The standard InChI is InChI=1S/C9H10O2/c1-3-8(6-10)9-5-4-7(2)11-9/h1,4-5,8,10H,6H2,2H3. The fourth-order valence-corrected chi connectivity index (χ4v) is 0.866. The van der Waals surface area contributed by atoms with Crippen LogP contribution in [0.3, 0.4) is 0 Å². The van der Waals surface area contributed by atoms with Gasteiger partial charge in [-0.3, -0.25) is 0 Å². The summed E-state index contributed by atoms with van der Waals surface area (Å²) in [6.45, 7) is 1.78. The maximum atomic E-state index is 8.79. The molecule has 58 valence electrons. The van der Waals surface area contributed by atoms with Crippen molar-refractivity contribution in [2.24, 2.45) is 0 Å². The second kappa shape index (κ2) is 3.27. The molecule has 0 saturated heterocycles. The Kier molecular flexibility index (Phi) is 2.35. The van der Waals surface area contributed by atoms with Crippen LogP contribution < -0.4 is 0 Å². The van der Waals surface area contributed by atoms with E-state index in [1.165, 1.54) is 0 Å². The topological polar surface area (TPSA) is 33.4 Å². The van der Waals surface area contributed by atoms with E-state index in [0.29, 0.717) is 5.76 Å². The molecule has 1 atom stereocenters. The molecule has 0 aromatic carbocycles. The van der Waals surface area contributed by atoms with Crippen LogP contribution in [0.25, 0.3) is 0 Å². The van der Waals surface area contributed by atoms with Crippen LogP contribution in [-0.4, -0.2) is 11.7 Å². The molecule has 1 N–H and O–H groups in total. The monoisotopic (exact) mass is 150 g/mol. The van der Waals surface area contributed by atoms with Gasteiger partial charge in [0.15, 0.2) is 0 Å². The van der Waals surface area contributed by atoms with Crippen molar-refractivity contribution < 1.29 is 9.52 Å². The summed E-state index contributed by atoms with van der Waals surface area (Å²) in [7, 11) is 0. The summed E-state index contributed by atoms with van der Waals surface area (Å²) in [5.41, 5.74) is 0. The number of furan rings is 1. The Bertz CT molecular complexity index is 267. The van der Waals surface area contributed by atoms with Crippen LogP contribution in [-0.2, 0) is 0 Å². The summed E-state index contributed by atoms with van der Waals surface area (Å²) in [6.07, 6.45) is 5.15. The molecule has 0 aliphatic rings. The van der Waals surface area contributed by atoms with Gasteiger partial charge in [-0.1, -0.05) is 5.92 Å². The first kappa shape index (κ1) is 7.90. The third kappa shape index (κ3) is 1.63. The Balaban J connectivity index is 2.84. The second-order valence-corrected chi connectivity index (χ2v) is 2.35. The number of aryl methyl sites for hydroxylation is 1. The fourth-order valence-electron chi connectivity index (χ4n) is 0.866. The molecular formula is C9H10O2. The maximum absolute atomic E-state index is 8.79. The summed E-state index contributed by atoms with van der Waals surface area (Å²) in [6, 6.07) is 3.62. The molecule has 2 heteroatoms. The molecule has 1 aromatic heterocycles. The summed E-state index contributed by atoms with van der Waals surface area (Å²) in [5, 5.41) is 8.79. The summed E-state index contributed by atoms with van der Waals surface area (Å²) in [5.74, 6) is 3.61. The lowest BCUT2D eigenvalue weighted by Gasteiger charge is -2.00. The number of hydrogen-bond acceptors (Lipinski definition) is 2. The van der Waals surface area contributed by atoms with Crippen molar-refractivity contribution in [3.05, 3.63) is 23.7 Å². The highest BCUT2D eigenvalue weighted by molar-refractivity contribution is 5.18. The summed E-state index contributed by atoms with van der Waals surface area (Å²) >= 11 is 0. The highest BCUT2D eigenvalue weighted by Gasteiger charge is 2.09. The van der Waals surface area contributed by atoms with E-state index >= 15 is 0 Å². The van der Waals surface area contributed by atoms with Crippen LogP contribution in [0.2, 0.25) is 0 Å². The van der Waals surface area contributed by atoms with E-state index in [-0.39, 0.29) is 12.5 Å². The molecule has 1 heterocycles. The molecule has 0 bridgehead atoms. The Hall–Kier alpha value is -1.20. The van der Waals surface area contributed by atoms with Crippen molar-refractivity contribution in [1.82, 2.24) is 0 Å².